The van der Waals surface area contributed by atoms with E-state index < -0.39 is 70.0 Å². The van der Waals surface area contributed by atoms with Gasteiger partial charge in [-0.2, -0.15) is 0 Å². The van der Waals surface area contributed by atoms with E-state index >= 15 is 0 Å². The molecule has 0 bridgehead atoms. The van der Waals surface area contributed by atoms with Crippen molar-refractivity contribution >= 4 is 44.1 Å². The molecule has 1 aliphatic heterocycles. The van der Waals surface area contributed by atoms with Gasteiger partial charge in [0, 0.05) is 17.8 Å². The SMILES string of the molecule is CS(=O)(=O)c1ccc2ccn([C@@H]3O[C@H](COP(=O)([O-])OP(=O)([O-])OP(=O)([O-])O)[C@@H](O)[C@H]3O)c(=O)c2c1.[NH4+].[NH4+].[NH4+]. The molecule has 2 heterocycles. The number of aliphatic hydroxyl groups is 2. The van der Waals surface area contributed by atoms with Gasteiger partial charge in [0.2, 0.25) is 0 Å². The Bertz CT molecular complexity index is 1480. The first kappa shape index (κ1) is 37.6. The van der Waals surface area contributed by atoms with Crippen molar-refractivity contribution in [1.82, 2.24) is 23.0 Å². The lowest BCUT2D eigenvalue weighted by atomic mass is 10.1. The highest BCUT2D eigenvalue weighted by molar-refractivity contribution is 7.90. The monoisotopic (exact) mass is 646 g/mol. The van der Waals surface area contributed by atoms with Crippen LogP contribution in [0.2, 0.25) is 0 Å². The van der Waals surface area contributed by atoms with E-state index in [2.05, 4.69) is 13.1 Å². The number of fused-ring (bicyclic) bond motifs is 1. The van der Waals surface area contributed by atoms with Crippen molar-refractivity contribution in [2.24, 2.45) is 0 Å². The molecule has 3 unspecified atom stereocenters. The number of hydrogen-bond acceptors (Lipinski definition) is 15. The lowest BCUT2D eigenvalue weighted by Crippen LogP contribution is -2.35. The van der Waals surface area contributed by atoms with Crippen molar-refractivity contribution in [3.05, 3.63) is 40.8 Å². The third-order valence-corrected chi connectivity index (χ3v) is 9.54. The minimum Gasteiger partial charge on any atom is -0.756 e. The van der Waals surface area contributed by atoms with Crippen LogP contribution in [-0.2, 0) is 41.4 Å². The number of sulfone groups is 1. The maximum absolute atomic E-state index is 12.9. The van der Waals surface area contributed by atoms with E-state index in [9.17, 15) is 51.8 Å². The predicted molar refractivity (Wildman–Crippen MR) is 128 cm³/mol. The standard InChI is InChI=1S/C15H20NO16P3S.3H3N/c1-36(27,28)9-3-2-8-4-5-16(14(19)10(8)6-9)15-13(18)12(17)11(30-15)7-29-34(23,24)32-35(25,26)31-33(20,21)22;;;/h2-6,11-13,15,17-18H,7H2,1H3,(H,23,24)(H,25,26)(H2,20,21,22);3*1H3/t11-,12-,13-,15-;;;/m1.../s1. The van der Waals surface area contributed by atoms with Gasteiger partial charge in [0.25, 0.3) is 29.0 Å². The van der Waals surface area contributed by atoms with Crippen molar-refractivity contribution in [2.45, 2.75) is 29.4 Å². The Morgan fingerprint density at radius 2 is 1.59 bits per heavy atom. The Morgan fingerprint density at radius 3 is 2.13 bits per heavy atom. The van der Waals surface area contributed by atoms with Gasteiger partial charge in [0.05, 0.1) is 11.5 Å². The Morgan fingerprint density at radius 1 is 1.00 bits per heavy atom. The minimum absolute atomic E-state index is 0. The van der Waals surface area contributed by atoms with Crippen LogP contribution in [0.5, 0.6) is 0 Å². The van der Waals surface area contributed by atoms with Crippen LogP contribution >= 0.6 is 23.5 Å². The maximum atomic E-state index is 12.9. The molecule has 0 aliphatic carbocycles. The number of nitrogens with zero attached hydrogens (tertiary/aromatic N) is 1. The maximum Gasteiger partial charge on any atom is 0.280 e. The zero-order chi connectivity index (χ0) is 27.3. The lowest BCUT2D eigenvalue weighted by molar-refractivity contribution is -0.250. The molecular formula is C15H29N4O16P3S. The summed E-state index contributed by atoms with van der Waals surface area (Å²) < 4.78 is 73.9. The highest BCUT2D eigenvalue weighted by Crippen LogP contribution is 2.61. The first-order valence-corrected chi connectivity index (χ1v) is 15.7. The van der Waals surface area contributed by atoms with Gasteiger partial charge >= 0.3 is 0 Å². The molecule has 7 atom stereocenters. The molecule has 39 heavy (non-hydrogen) atoms. The Labute approximate surface area is 220 Å². The van der Waals surface area contributed by atoms with E-state index in [-0.39, 0.29) is 28.7 Å². The highest BCUT2D eigenvalue weighted by atomic mass is 32.2. The van der Waals surface area contributed by atoms with E-state index in [1.165, 1.54) is 18.2 Å². The fourth-order valence-electron chi connectivity index (χ4n) is 3.21. The van der Waals surface area contributed by atoms with E-state index in [0.717, 1.165) is 23.1 Å². The van der Waals surface area contributed by atoms with Crippen molar-refractivity contribution in [2.75, 3.05) is 12.9 Å². The van der Waals surface area contributed by atoms with E-state index in [1.54, 1.807) is 0 Å². The number of phosphoric acid groups is 3. The smallest absolute Gasteiger partial charge is 0.280 e. The summed E-state index contributed by atoms with van der Waals surface area (Å²) >= 11 is 0. The number of hydrogen-bond donors (Lipinski definition) is 6. The largest absolute Gasteiger partial charge is 0.756 e. The fraction of sp³-hybridized carbons (Fsp3) is 0.400. The number of pyridine rings is 1. The molecule has 0 spiro atoms. The summed E-state index contributed by atoms with van der Waals surface area (Å²) in [6, 6.07) is 5.15. The van der Waals surface area contributed by atoms with Gasteiger partial charge in [0.1, 0.15) is 18.3 Å². The summed E-state index contributed by atoms with van der Waals surface area (Å²) in [7, 11) is -21.6. The van der Waals surface area contributed by atoms with Crippen LogP contribution in [0, 0.1) is 0 Å². The van der Waals surface area contributed by atoms with Crippen LogP contribution < -0.4 is 38.7 Å². The summed E-state index contributed by atoms with van der Waals surface area (Å²) in [4.78, 5) is 54.5. The van der Waals surface area contributed by atoms with Crippen LogP contribution in [0.15, 0.2) is 40.2 Å². The lowest BCUT2D eigenvalue weighted by Gasteiger charge is -2.33. The molecule has 0 saturated carbocycles. The summed E-state index contributed by atoms with van der Waals surface area (Å²) in [6.07, 6.45) is -4.93. The number of phosphoric ester groups is 1. The van der Waals surface area contributed by atoms with Crippen molar-refractivity contribution in [3.63, 3.8) is 0 Å². The summed E-state index contributed by atoms with van der Waals surface area (Å²) in [5.74, 6) is 0. The first-order chi connectivity index (χ1) is 16.3. The molecule has 1 aromatic carbocycles. The zero-order valence-corrected chi connectivity index (χ0v) is 24.2. The molecule has 226 valence electrons. The molecule has 1 aromatic heterocycles. The van der Waals surface area contributed by atoms with Gasteiger partial charge < -0.3 is 57.5 Å². The van der Waals surface area contributed by atoms with Gasteiger partial charge in [-0.3, -0.25) is 23.1 Å². The molecule has 1 fully saturated rings. The van der Waals surface area contributed by atoms with Gasteiger partial charge in [-0.25, -0.2) is 17.0 Å². The Hall–Kier alpha value is -1.45. The molecule has 20 nitrogen and oxygen atoms in total. The molecular weight excluding hydrogens is 617 g/mol. The number of aliphatic hydroxyl groups excluding tert-OH is 2. The minimum atomic E-state index is -6.15. The van der Waals surface area contributed by atoms with Crippen LogP contribution in [-0.4, -0.2) is 59.3 Å². The normalized spacial score (nSPS) is 25.7. The number of ether oxygens (including phenoxy) is 1. The molecule has 1 aliphatic rings. The van der Waals surface area contributed by atoms with Crippen LogP contribution in [0.3, 0.4) is 0 Å². The van der Waals surface area contributed by atoms with Gasteiger partial charge in [-0.15, -0.1) is 0 Å². The Kier molecular flexibility index (Phi) is 12.5. The second-order valence-corrected chi connectivity index (χ2v) is 13.7. The topological polar surface area (TPSA) is 384 Å². The summed E-state index contributed by atoms with van der Waals surface area (Å²) in [5, 5.41) is 20.8. The first-order valence-electron chi connectivity index (χ1n) is 9.39. The number of rotatable bonds is 9. The van der Waals surface area contributed by atoms with Crippen molar-refractivity contribution in [1.29, 1.82) is 0 Å². The van der Waals surface area contributed by atoms with Crippen molar-refractivity contribution in [3.8, 4) is 0 Å². The molecule has 1 saturated heterocycles. The second kappa shape index (κ2) is 13.0. The van der Waals surface area contributed by atoms with E-state index in [4.69, 9.17) is 9.63 Å². The molecule has 3 rings (SSSR count). The molecule has 15 N–H and O–H groups in total. The average Bonchev–Trinajstić information content (AvgIpc) is 2.97. The molecule has 0 radical (unpaired) electrons. The van der Waals surface area contributed by atoms with Gasteiger partial charge in [-0.05, 0) is 23.6 Å². The third kappa shape index (κ3) is 9.28. The van der Waals surface area contributed by atoms with Gasteiger partial charge in [-0.1, -0.05) is 6.07 Å². The van der Waals surface area contributed by atoms with E-state index in [1.807, 2.05) is 0 Å². The molecule has 0 amide bonds. The summed E-state index contributed by atoms with van der Waals surface area (Å²) in [6.45, 7) is -1.18. The van der Waals surface area contributed by atoms with Crippen LogP contribution in [0.1, 0.15) is 6.23 Å². The van der Waals surface area contributed by atoms with Crippen LogP contribution in [0.25, 0.3) is 10.8 Å². The zero-order valence-electron chi connectivity index (χ0n) is 20.7. The van der Waals surface area contributed by atoms with E-state index in [0.29, 0.717) is 5.39 Å². The molecule has 2 aromatic rings. The number of quaternary nitrogens is 3. The second-order valence-electron chi connectivity index (χ2n) is 7.42. The third-order valence-electron chi connectivity index (χ3n) is 4.74. The number of aromatic nitrogens is 1. The summed E-state index contributed by atoms with van der Waals surface area (Å²) in [5.41, 5.74) is -0.830. The predicted octanol–water partition coefficient (Wildman–Crippen LogP) is -1.40. The fourth-order valence-corrected chi connectivity index (χ4v) is 6.76. The van der Waals surface area contributed by atoms with Crippen LogP contribution in [0.4, 0.5) is 0 Å². The van der Waals surface area contributed by atoms with Gasteiger partial charge in [0.15, 0.2) is 16.1 Å². The van der Waals surface area contributed by atoms with Crippen molar-refractivity contribution < 1.29 is 69.8 Å². The highest BCUT2D eigenvalue weighted by Gasteiger charge is 2.44. The molecule has 24 heteroatoms. The quantitative estimate of drug-likeness (QED) is 0.170. The average molecular weight is 646 g/mol. The number of benzene rings is 1. The Balaban J connectivity index is 0.00000481.